The van der Waals surface area contributed by atoms with Crippen molar-refractivity contribution in [3.8, 4) is 11.3 Å². The van der Waals surface area contributed by atoms with E-state index in [4.69, 9.17) is 4.42 Å². The van der Waals surface area contributed by atoms with Gasteiger partial charge in [0.15, 0.2) is 0 Å². The van der Waals surface area contributed by atoms with Gasteiger partial charge in [-0.25, -0.2) is 4.98 Å². The number of aromatic nitrogens is 2. The van der Waals surface area contributed by atoms with E-state index >= 15 is 0 Å². The molecule has 1 fully saturated rings. The molecule has 0 saturated carbocycles. The van der Waals surface area contributed by atoms with E-state index in [2.05, 4.69) is 25.5 Å². The average molecular weight is 399 g/mol. The molecule has 1 amide bonds. The van der Waals surface area contributed by atoms with Crippen molar-refractivity contribution in [2.24, 2.45) is 0 Å². The number of anilines is 2. The summed E-state index contributed by atoms with van der Waals surface area (Å²) in [4.78, 5) is 24.0. The molecule has 1 aliphatic rings. The Morgan fingerprint density at radius 3 is 2.90 bits per heavy atom. The molecule has 4 aromatic rings. The van der Waals surface area contributed by atoms with Gasteiger partial charge in [0.1, 0.15) is 11.3 Å². The average Bonchev–Trinajstić information content (AvgIpc) is 3.28. The molecular weight excluding hydrogens is 378 g/mol. The molecule has 7 nitrogen and oxygen atoms in total. The van der Waals surface area contributed by atoms with Gasteiger partial charge in [-0.1, -0.05) is 18.2 Å². The van der Waals surface area contributed by atoms with Crippen molar-refractivity contribution < 1.29 is 9.21 Å². The molecule has 30 heavy (non-hydrogen) atoms. The molecule has 0 bridgehead atoms. The summed E-state index contributed by atoms with van der Waals surface area (Å²) in [5.41, 5.74) is 4.42. The number of furan rings is 1. The lowest BCUT2D eigenvalue weighted by Crippen LogP contribution is -2.43. The van der Waals surface area contributed by atoms with Gasteiger partial charge in [-0.05, 0) is 30.3 Å². The largest absolute Gasteiger partial charge is 0.464 e. The molecule has 150 valence electrons. The summed E-state index contributed by atoms with van der Waals surface area (Å²) in [7, 11) is 0. The third-order valence-electron chi connectivity index (χ3n) is 5.24. The molecule has 4 heterocycles. The number of hydrogen-bond acceptors (Lipinski definition) is 6. The number of fused-ring (bicyclic) bond motifs is 1. The van der Waals surface area contributed by atoms with Crippen LogP contribution in [-0.2, 0) is 0 Å². The quantitative estimate of drug-likeness (QED) is 0.546. The van der Waals surface area contributed by atoms with Gasteiger partial charge >= 0.3 is 0 Å². The number of carbonyl (C=O) groups is 1. The number of amides is 1. The second-order valence-corrected chi connectivity index (χ2v) is 7.17. The van der Waals surface area contributed by atoms with Crippen molar-refractivity contribution in [3.05, 3.63) is 72.9 Å². The maximum atomic E-state index is 13.0. The number of nitrogens with zero attached hydrogens (tertiary/aromatic N) is 3. The molecule has 5 rings (SSSR count). The van der Waals surface area contributed by atoms with Crippen LogP contribution in [0.3, 0.4) is 0 Å². The molecule has 1 aliphatic heterocycles. The van der Waals surface area contributed by atoms with E-state index in [-0.39, 0.29) is 5.91 Å². The van der Waals surface area contributed by atoms with Gasteiger partial charge < -0.3 is 20.0 Å². The molecule has 0 radical (unpaired) electrons. The van der Waals surface area contributed by atoms with Crippen molar-refractivity contribution in [3.63, 3.8) is 0 Å². The zero-order valence-electron chi connectivity index (χ0n) is 16.3. The molecule has 1 aromatic carbocycles. The third-order valence-corrected chi connectivity index (χ3v) is 5.24. The Labute approximate surface area is 173 Å². The maximum absolute atomic E-state index is 13.0. The fourth-order valence-electron chi connectivity index (χ4n) is 3.69. The number of rotatable bonds is 4. The fourth-order valence-corrected chi connectivity index (χ4v) is 3.69. The molecule has 3 aromatic heterocycles. The Kier molecular flexibility index (Phi) is 4.86. The Morgan fingerprint density at radius 1 is 1.10 bits per heavy atom. The van der Waals surface area contributed by atoms with Crippen LogP contribution in [0.15, 0.2) is 71.6 Å². The second kappa shape index (κ2) is 7.96. The van der Waals surface area contributed by atoms with E-state index in [0.717, 1.165) is 54.1 Å². The van der Waals surface area contributed by atoms with Crippen LogP contribution in [0.25, 0.3) is 22.2 Å². The molecule has 0 unspecified atom stereocenters. The minimum absolute atomic E-state index is 0.264. The van der Waals surface area contributed by atoms with Gasteiger partial charge in [0.2, 0.25) is 0 Å². The topological polar surface area (TPSA) is 83.3 Å². The lowest BCUT2D eigenvalue weighted by Gasteiger charge is -2.30. The maximum Gasteiger partial charge on any atom is 0.274 e. The predicted octanol–water partition coefficient (Wildman–Crippen LogP) is 3.55. The highest BCUT2D eigenvalue weighted by Crippen LogP contribution is 2.26. The smallest absolute Gasteiger partial charge is 0.274 e. The summed E-state index contributed by atoms with van der Waals surface area (Å²) in [5.74, 6) is -0.264. The highest BCUT2D eigenvalue weighted by molar-refractivity contribution is 6.04. The highest BCUT2D eigenvalue weighted by Gasteiger charge is 2.17. The van der Waals surface area contributed by atoms with E-state index in [9.17, 15) is 4.79 Å². The van der Waals surface area contributed by atoms with Gasteiger partial charge in [-0.2, -0.15) is 0 Å². The number of nitrogens with one attached hydrogen (secondary N) is 2. The Balaban J connectivity index is 1.40. The van der Waals surface area contributed by atoms with E-state index < -0.39 is 0 Å². The molecule has 7 heteroatoms. The number of pyridine rings is 2. The molecule has 0 aliphatic carbocycles. The van der Waals surface area contributed by atoms with Crippen LogP contribution in [0.1, 0.15) is 10.5 Å². The first-order valence-electron chi connectivity index (χ1n) is 9.94. The van der Waals surface area contributed by atoms with E-state index in [1.165, 1.54) is 0 Å². The summed E-state index contributed by atoms with van der Waals surface area (Å²) >= 11 is 0. The minimum atomic E-state index is -0.264. The minimum Gasteiger partial charge on any atom is -0.464 e. The van der Waals surface area contributed by atoms with Crippen LogP contribution in [0.5, 0.6) is 0 Å². The lowest BCUT2D eigenvalue weighted by molar-refractivity contribution is 0.102. The zero-order chi connectivity index (χ0) is 20.3. The molecule has 0 spiro atoms. The summed E-state index contributed by atoms with van der Waals surface area (Å²) in [6, 6.07) is 15.2. The normalized spacial score (nSPS) is 14.1. The van der Waals surface area contributed by atoms with E-state index in [1.54, 1.807) is 24.7 Å². The highest BCUT2D eigenvalue weighted by atomic mass is 16.3. The summed E-state index contributed by atoms with van der Waals surface area (Å²) in [5, 5.41) is 7.36. The van der Waals surface area contributed by atoms with E-state index in [1.807, 2.05) is 42.5 Å². The summed E-state index contributed by atoms with van der Waals surface area (Å²) in [6.07, 6.45) is 5.09. The van der Waals surface area contributed by atoms with Crippen molar-refractivity contribution in [1.82, 2.24) is 15.3 Å². The Hall–Kier alpha value is -3.71. The van der Waals surface area contributed by atoms with Gasteiger partial charge in [0.05, 0.1) is 29.5 Å². The summed E-state index contributed by atoms with van der Waals surface area (Å²) in [6.45, 7) is 3.60. The monoisotopic (exact) mass is 399 g/mol. The first kappa shape index (κ1) is 18.3. The number of carbonyl (C=O) groups excluding carboxylic acids is 1. The van der Waals surface area contributed by atoms with Crippen LogP contribution in [-0.4, -0.2) is 42.1 Å². The standard InChI is InChI=1S/C23H21N5O2/c29-23(27-20-15-25-8-6-21(20)28-11-9-24-10-12-28)19-3-1-2-18(26-19)17-5-4-16-7-13-30-22(16)14-17/h1-8,13-15,24H,9-12H2,(H,27,29). The molecule has 0 atom stereocenters. The number of hydrogen-bond donors (Lipinski definition) is 2. The third kappa shape index (κ3) is 3.62. The SMILES string of the molecule is O=C(Nc1cnccc1N1CCNCC1)c1cccc(-c2ccc3ccoc3c2)n1. The first-order valence-corrected chi connectivity index (χ1v) is 9.94. The number of piperazine rings is 1. The predicted molar refractivity (Wildman–Crippen MR) is 117 cm³/mol. The van der Waals surface area contributed by atoms with Crippen LogP contribution >= 0.6 is 0 Å². The lowest BCUT2D eigenvalue weighted by atomic mass is 10.1. The molecule has 2 N–H and O–H groups in total. The van der Waals surface area contributed by atoms with Crippen molar-refractivity contribution >= 4 is 28.3 Å². The van der Waals surface area contributed by atoms with Gasteiger partial charge in [0, 0.05) is 43.3 Å². The Morgan fingerprint density at radius 2 is 2.00 bits per heavy atom. The van der Waals surface area contributed by atoms with Gasteiger partial charge in [-0.15, -0.1) is 0 Å². The summed E-state index contributed by atoms with van der Waals surface area (Å²) < 4.78 is 5.48. The van der Waals surface area contributed by atoms with Gasteiger partial charge in [-0.3, -0.25) is 9.78 Å². The molecular formula is C23H21N5O2. The van der Waals surface area contributed by atoms with Crippen LogP contribution in [0, 0.1) is 0 Å². The van der Waals surface area contributed by atoms with Crippen molar-refractivity contribution in [2.75, 3.05) is 36.4 Å². The van der Waals surface area contributed by atoms with Crippen LogP contribution < -0.4 is 15.5 Å². The second-order valence-electron chi connectivity index (χ2n) is 7.17. The van der Waals surface area contributed by atoms with Crippen LogP contribution in [0.4, 0.5) is 11.4 Å². The zero-order valence-corrected chi connectivity index (χ0v) is 16.3. The molecule has 1 saturated heterocycles. The van der Waals surface area contributed by atoms with Crippen molar-refractivity contribution in [1.29, 1.82) is 0 Å². The number of benzene rings is 1. The van der Waals surface area contributed by atoms with Crippen LogP contribution in [0.2, 0.25) is 0 Å². The van der Waals surface area contributed by atoms with Crippen molar-refractivity contribution in [2.45, 2.75) is 0 Å². The fraction of sp³-hybridized carbons (Fsp3) is 0.174. The van der Waals surface area contributed by atoms with Gasteiger partial charge in [0.25, 0.3) is 5.91 Å². The Bertz CT molecular complexity index is 1200. The van der Waals surface area contributed by atoms with E-state index in [0.29, 0.717) is 11.4 Å². The first-order chi connectivity index (χ1) is 14.8.